The Morgan fingerprint density at radius 2 is 1.75 bits per heavy atom. The van der Waals surface area contributed by atoms with Crippen LogP contribution in [0.2, 0.25) is 0 Å². The third kappa shape index (κ3) is 4.28. The molecular formula is C29H33N3O4. The number of piperidine rings is 1. The summed E-state index contributed by atoms with van der Waals surface area (Å²) < 4.78 is 11.1. The van der Waals surface area contributed by atoms with Crippen molar-refractivity contribution in [2.24, 2.45) is 5.92 Å². The van der Waals surface area contributed by atoms with Crippen molar-refractivity contribution in [2.75, 3.05) is 34.4 Å². The van der Waals surface area contributed by atoms with Gasteiger partial charge in [-0.1, -0.05) is 42.5 Å². The number of ether oxygens (including phenoxy) is 2. The van der Waals surface area contributed by atoms with Gasteiger partial charge in [-0.05, 0) is 66.4 Å². The minimum Gasteiger partial charge on any atom is -0.497 e. The number of amides is 3. The van der Waals surface area contributed by atoms with Gasteiger partial charge in [0.05, 0.1) is 14.2 Å². The zero-order valence-corrected chi connectivity index (χ0v) is 21.1. The summed E-state index contributed by atoms with van der Waals surface area (Å²) in [5, 5.41) is 5.49. The highest BCUT2D eigenvalue weighted by atomic mass is 16.5. The van der Waals surface area contributed by atoms with Crippen LogP contribution in [-0.2, 0) is 17.8 Å². The number of nitrogens with one attached hydrogen (secondary N) is 1. The van der Waals surface area contributed by atoms with Crippen molar-refractivity contribution in [1.82, 2.24) is 15.1 Å². The number of carbonyl (C=O) groups excluding carboxylic acids is 2. The number of methoxy groups -OCH3 is 2. The summed E-state index contributed by atoms with van der Waals surface area (Å²) in [6.07, 6.45) is 2.08. The molecule has 3 aromatic rings. The third-order valence-electron chi connectivity index (χ3n) is 7.82. The number of nitrogens with zero attached hydrogens (tertiary/aromatic N) is 2. The van der Waals surface area contributed by atoms with Crippen LogP contribution >= 0.6 is 0 Å². The third-order valence-corrected chi connectivity index (χ3v) is 7.82. The van der Waals surface area contributed by atoms with E-state index in [1.54, 1.807) is 21.3 Å². The SMILES string of the molecule is COc1cccc(CC2(C3CCN(Cc4c(OC)ccc5ccccc45)CC3)NC(=O)N(C)C2=O)c1. The summed E-state index contributed by atoms with van der Waals surface area (Å²) in [4.78, 5) is 29.7. The number of benzene rings is 3. The van der Waals surface area contributed by atoms with Gasteiger partial charge in [-0.15, -0.1) is 0 Å². The number of urea groups is 1. The summed E-state index contributed by atoms with van der Waals surface area (Å²) in [7, 11) is 4.91. The molecule has 1 atom stereocenters. The van der Waals surface area contributed by atoms with E-state index in [4.69, 9.17) is 9.47 Å². The molecule has 3 amide bonds. The van der Waals surface area contributed by atoms with Crippen LogP contribution in [0.25, 0.3) is 10.8 Å². The normalized spacial score (nSPS) is 21.1. The van der Waals surface area contributed by atoms with Crippen LogP contribution in [0.4, 0.5) is 4.79 Å². The summed E-state index contributed by atoms with van der Waals surface area (Å²) in [6.45, 7) is 2.45. The molecule has 1 unspecified atom stereocenters. The van der Waals surface area contributed by atoms with Crippen molar-refractivity contribution >= 4 is 22.7 Å². The Morgan fingerprint density at radius 1 is 0.972 bits per heavy atom. The predicted octanol–water partition coefficient (Wildman–Crippen LogP) is 4.23. The minimum absolute atomic E-state index is 0.0377. The molecule has 7 heteroatoms. The lowest BCUT2D eigenvalue weighted by Gasteiger charge is -2.41. The molecule has 1 N–H and O–H groups in total. The first-order valence-electron chi connectivity index (χ1n) is 12.5. The Hall–Kier alpha value is -3.58. The monoisotopic (exact) mass is 487 g/mol. The largest absolute Gasteiger partial charge is 0.497 e. The van der Waals surface area contributed by atoms with Gasteiger partial charge in [0.15, 0.2) is 0 Å². The van der Waals surface area contributed by atoms with Crippen molar-refractivity contribution in [2.45, 2.75) is 31.3 Å². The lowest BCUT2D eigenvalue weighted by atomic mass is 9.74. The number of carbonyl (C=O) groups is 2. The predicted molar refractivity (Wildman–Crippen MR) is 139 cm³/mol. The van der Waals surface area contributed by atoms with Gasteiger partial charge >= 0.3 is 6.03 Å². The number of hydrogen-bond acceptors (Lipinski definition) is 5. The molecule has 0 saturated carbocycles. The van der Waals surface area contributed by atoms with E-state index in [9.17, 15) is 9.59 Å². The number of imide groups is 1. The number of fused-ring (bicyclic) bond motifs is 1. The topological polar surface area (TPSA) is 71.1 Å². The van der Waals surface area contributed by atoms with E-state index < -0.39 is 5.54 Å². The molecule has 36 heavy (non-hydrogen) atoms. The number of hydrogen-bond donors (Lipinski definition) is 1. The molecular weight excluding hydrogens is 454 g/mol. The second kappa shape index (κ2) is 9.82. The first-order valence-corrected chi connectivity index (χ1v) is 12.5. The Kier molecular flexibility index (Phi) is 6.58. The number of rotatable bonds is 7. The van der Waals surface area contributed by atoms with Gasteiger partial charge in [0, 0.05) is 25.6 Å². The highest BCUT2D eigenvalue weighted by molar-refractivity contribution is 6.07. The second-order valence-corrected chi connectivity index (χ2v) is 9.81. The Morgan fingerprint density at radius 3 is 2.44 bits per heavy atom. The van der Waals surface area contributed by atoms with Gasteiger partial charge in [-0.25, -0.2) is 4.79 Å². The molecule has 5 rings (SSSR count). The smallest absolute Gasteiger partial charge is 0.324 e. The highest BCUT2D eigenvalue weighted by Crippen LogP contribution is 2.38. The lowest BCUT2D eigenvalue weighted by Crippen LogP contribution is -2.57. The zero-order chi connectivity index (χ0) is 25.3. The van der Waals surface area contributed by atoms with E-state index in [1.807, 2.05) is 30.3 Å². The van der Waals surface area contributed by atoms with Gasteiger partial charge in [0.2, 0.25) is 0 Å². The molecule has 2 saturated heterocycles. The van der Waals surface area contributed by atoms with Crippen molar-refractivity contribution in [3.8, 4) is 11.5 Å². The summed E-state index contributed by atoms with van der Waals surface area (Å²) in [5.41, 5.74) is 1.22. The van der Waals surface area contributed by atoms with E-state index in [1.165, 1.54) is 21.2 Å². The molecule has 2 aliphatic rings. The van der Waals surface area contributed by atoms with Gasteiger partial charge in [0.25, 0.3) is 5.91 Å². The van der Waals surface area contributed by atoms with Crippen molar-refractivity contribution < 1.29 is 19.1 Å². The molecule has 0 bridgehead atoms. The second-order valence-electron chi connectivity index (χ2n) is 9.81. The molecule has 2 heterocycles. The van der Waals surface area contributed by atoms with Gasteiger partial charge in [0.1, 0.15) is 17.0 Å². The standard InChI is InChI=1S/C29H33N3O4/c1-31-27(33)29(30-28(31)34,18-20-7-6-9-23(17-20)35-2)22-13-15-32(16-14-22)19-25-24-10-5-4-8-21(24)11-12-26(25)36-3/h4-12,17,22H,13-16,18-19H2,1-3H3,(H,30,34). The lowest BCUT2D eigenvalue weighted by molar-refractivity contribution is -0.133. The van der Waals surface area contributed by atoms with Crippen LogP contribution in [0.1, 0.15) is 24.0 Å². The Bertz CT molecular complexity index is 1280. The van der Waals surface area contributed by atoms with Crippen molar-refractivity contribution in [1.29, 1.82) is 0 Å². The van der Waals surface area contributed by atoms with E-state index in [2.05, 4.69) is 40.5 Å². The van der Waals surface area contributed by atoms with E-state index in [0.29, 0.717) is 6.42 Å². The molecule has 0 radical (unpaired) electrons. The molecule has 0 aliphatic carbocycles. The fourth-order valence-corrected chi connectivity index (χ4v) is 5.84. The number of likely N-dealkylation sites (tertiary alicyclic amines) is 1. The maximum Gasteiger partial charge on any atom is 0.324 e. The fourth-order valence-electron chi connectivity index (χ4n) is 5.84. The quantitative estimate of drug-likeness (QED) is 0.505. The van der Waals surface area contributed by atoms with E-state index in [0.717, 1.165) is 49.5 Å². The van der Waals surface area contributed by atoms with Crippen LogP contribution in [-0.4, -0.2) is 61.6 Å². The van der Waals surface area contributed by atoms with Crippen LogP contribution in [0, 0.1) is 5.92 Å². The number of likely N-dealkylation sites (N-methyl/N-ethyl adjacent to an activating group) is 1. The maximum absolute atomic E-state index is 13.5. The van der Waals surface area contributed by atoms with Crippen LogP contribution < -0.4 is 14.8 Å². The molecule has 188 valence electrons. The average Bonchev–Trinajstić information content (AvgIpc) is 3.13. The Labute approximate surface area is 212 Å². The van der Waals surface area contributed by atoms with Crippen LogP contribution in [0.3, 0.4) is 0 Å². The summed E-state index contributed by atoms with van der Waals surface area (Å²) in [5.74, 6) is 1.53. The summed E-state index contributed by atoms with van der Waals surface area (Å²) in [6, 6.07) is 19.9. The first-order chi connectivity index (χ1) is 17.4. The highest BCUT2D eigenvalue weighted by Gasteiger charge is 2.54. The molecule has 3 aromatic carbocycles. The van der Waals surface area contributed by atoms with Crippen LogP contribution in [0.5, 0.6) is 11.5 Å². The molecule has 0 spiro atoms. The molecule has 7 nitrogen and oxygen atoms in total. The first kappa shape index (κ1) is 24.1. The van der Waals surface area contributed by atoms with E-state index >= 15 is 0 Å². The fraction of sp³-hybridized carbons (Fsp3) is 0.379. The van der Waals surface area contributed by atoms with E-state index in [-0.39, 0.29) is 17.9 Å². The molecule has 2 fully saturated rings. The van der Waals surface area contributed by atoms with Gasteiger partial charge in [-0.2, -0.15) is 0 Å². The van der Waals surface area contributed by atoms with Crippen LogP contribution in [0.15, 0.2) is 60.7 Å². The van der Waals surface area contributed by atoms with Gasteiger partial charge in [-0.3, -0.25) is 14.6 Å². The molecule has 0 aromatic heterocycles. The summed E-state index contributed by atoms with van der Waals surface area (Å²) >= 11 is 0. The molecule has 2 aliphatic heterocycles. The van der Waals surface area contributed by atoms with Gasteiger partial charge < -0.3 is 14.8 Å². The minimum atomic E-state index is -0.943. The average molecular weight is 488 g/mol. The zero-order valence-electron chi connectivity index (χ0n) is 21.1. The van der Waals surface area contributed by atoms with Crippen molar-refractivity contribution in [3.63, 3.8) is 0 Å². The Balaban J connectivity index is 1.37. The maximum atomic E-state index is 13.5. The van der Waals surface area contributed by atoms with Crippen molar-refractivity contribution in [3.05, 3.63) is 71.8 Å².